The predicted molar refractivity (Wildman–Crippen MR) is 78.4 cm³/mol. The van der Waals surface area contributed by atoms with Gasteiger partial charge in [-0.3, -0.25) is 0 Å². The topological polar surface area (TPSA) is 64.8 Å². The molecular formula is C14H21N5O2. The van der Waals surface area contributed by atoms with Crippen LogP contribution >= 0.6 is 0 Å². The molecule has 2 aromatic heterocycles. The van der Waals surface area contributed by atoms with Gasteiger partial charge in [-0.25, -0.2) is 4.98 Å². The Labute approximate surface area is 123 Å². The number of rotatable bonds is 5. The summed E-state index contributed by atoms with van der Waals surface area (Å²) < 4.78 is 12.7. The minimum Gasteiger partial charge on any atom is -0.378 e. The van der Waals surface area contributed by atoms with Crippen LogP contribution in [0, 0.1) is 0 Å². The van der Waals surface area contributed by atoms with Crippen molar-refractivity contribution < 1.29 is 9.47 Å². The molecule has 3 heterocycles. The standard InChI is InChI=1S/C14H21N5O2/c1-3-21-12-4-6-18(7-5-12)13-8-11(9-20-2)17-14-15-10-16-19(13)14/h8,10,12H,3-7,9H2,1-2H3. The lowest BCUT2D eigenvalue weighted by atomic mass is 10.1. The maximum absolute atomic E-state index is 5.71. The number of piperidine rings is 1. The van der Waals surface area contributed by atoms with Crippen LogP contribution in [0.2, 0.25) is 0 Å². The lowest BCUT2D eigenvalue weighted by Crippen LogP contribution is -2.38. The van der Waals surface area contributed by atoms with E-state index < -0.39 is 0 Å². The van der Waals surface area contributed by atoms with Gasteiger partial charge in [0.1, 0.15) is 12.1 Å². The molecule has 0 bridgehead atoms. The van der Waals surface area contributed by atoms with Crippen molar-refractivity contribution in [2.45, 2.75) is 32.5 Å². The van der Waals surface area contributed by atoms with Crippen molar-refractivity contribution >= 4 is 11.6 Å². The number of anilines is 1. The largest absolute Gasteiger partial charge is 0.378 e. The van der Waals surface area contributed by atoms with Crippen molar-refractivity contribution in [3.63, 3.8) is 0 Å². The molecule has 0 N–H and O–H groups in total. The zero-order valence-electron chi connectivity index (χ0n) is 12.5. The summed E-state index contributed by atoms with van der Waals surface area (Å²) in [4.78, 5) is 11.0. The highest BCUT2D eigenvalue weighted by atomic mass is 16.5. The van der Waals surface area contributed by atoms with Gasteiger partial charge in [0.25, 0.3) is 5.78 Å². The van der Waals surface area contributed by atoms with E-state index in [9.17, 15) is 0 Å². The van der Waals surface area contributed by atoms with Gasteiger partial charge in [-0.2, -0.15) is 14.6 Å². The summed E-state index contributed by atoms with van der Waals surface area (Å²) in [6.45, 7) is 5.22. The fraction of sp³-hybridized carbons (Fsp3) is 0.643. The molecular weight excluding hydrogens is 270 g/mol. The van der Waals surface area contributed by atoms with Crippen LogP contribution in [0.3, 0.4) is 0 Å². The van der Waals surface area contributed by atoms with Crippen molar-refractivity contribution in [1.29, 1.82) is 0 Å². The van der Waals surface area contributed by atoms with E-state index in [1.54, 1.807) is 11.6 Å². The Kier molecular flexibility index (Phi) is 4.31. The molecule has 0 spiro atoms. The van der Waals surface area contributed by atoms with E-state index in [1.165, 1.54) is 6.33 Å². The highest BCUT2D eigenvalue weighted by Crippen LogP contribution is 2.22. The summed E-state index contributed by atoms with van der Waals surface area (Å²) in [5, 5.41) is 4.28. The van der Waals surface area contributed by atoms with E-state index in [0.717, 1.165) is 44.0 Å². The van der Waals surface area contributed by atoms with Crippen LogP contribution in [0.15, 0.2) is 12.4 Å². The second-order valence-electron chi connectivity index (χ2n) is 5.15. The van der Waals surface area contributed by atoms with Gasteiger partial charge in [-0.1, -0.05) is 0 Å². The van der Waals surface area contributed by atoms with E-state index in [1.807, 2.05) is 13.0 Å². The molecule has 0 saturated carbocycles. The molecule has 1 saturated heterocycles. The Morgan fingerprint density at radius 2 is 2.14 bits per heavy atom. The SMILES string of the molecule is CCOC1CCN(c2cc(COC)nc3ncnn23)CC1. The summed E-state index contributed by atoms with van der Waals surface area (Å²) in [7, 11) is 1.67. The second kappa shape index (κ2) is 6.36. The molecule has 0 unspecified atom stereocenters. The monoisotopic (exact) mass is 291 g/mol. The zero-order valence-corrected chi connectivity index (χ0v) is 12.5. The average Bonchev–Trinajstić information content (AvgIpc) is 2.96. The number of hydrogen-bond donors (Lipinski definition) is 0. The molecule has 1 aliphatic rings. The van der Waals surface area contributed by atoms with Crippen LogP contribution in [0.1, 0.15) is 25.5 Å². The van der Waals surface area contributed by atoms with E-state index in [0.29, 0.717) is 18.5 Å². The average molecular weight is 291 g/mol. The molecule has 0 amide bonds. The Hall–Kier alpha value is -1.73. The van der Waals surface area contributed by atoms with Crippen LogP contribution in [0.25, 0.3) is 5.78 Å². The van der Waals surface area contributed by atoms with Crippen molar-refractivity contribution in [3.8, 4) is 0 Å². The molecule has 7 nitrogen and oxygen atoms in total. The van der Waals surface area contributed by atoms with Crippen molar-refractivity contribution in [3.05, 3.63) is 18.1 Å². The van der Waals surface area contributed by atoms with Crippen LogP contribution in [0.4, 0.5) is 5.82 Å². The molecule has 0 atom stereocenters. The number of nitrogens with zero attached hydrogens (tertiary/aromatic N) is 5. The first-order valence-electron chi connectivity index (χ1n) is 7.37. The summed E-state index contributed by atoms with van der Waals surface area (Å²) in [6.07, 6.45) is 3.98. The maximum Gasteiger partial charge on any atom is 0.254 e. The summed E-state index contributed by atoms with van der Waals surface area (Å²) in [5.41, 5.74) is 0.875. The first kappa shape index (κ1) is 14.2. The highest BCUT2D eigenvalue weighted by Gasteiger charge is 2.22. The maximum atomic E-state index is 5.71. The minimum absolute atomic E-state index is 0.373. The van der Waals surface area contributed by atoms with Gasteiger partial charge < -0.3 is 14.4 Å². The Balaban J connectivity index is 1.84. The quantitative estimate of drug-likeness (QED) is 0.827. The van der Waals surface area contributed by atoms with Gasteiger partial charge in [0.05, 0.1) is 18.4 Å². The molecule has 114 valence electrons. The van der Waals surface area contributed by atoms with E-state index >= 15 is 0 Å². The smallest absolute Gasteiger partial charge is 0.254 e. The van der Waals surface area contributed by atoms with E-state index in [-0.39, 0.29) is 0 Å². The summed E-state index contributed by atoms with van der Waals surface area (Å²) in [6, 6.07) is 2.03. The summed E-state index contributed by atoms with van der Waals surface area (Å²) in [5.74, 6) is 1.64. The number of hydrogen-bond acceptors (Lipinski definition) is 6. The fourth-order valence-electron chi connectivity index (χ4n) is 2.78. The molecule has 1 aliphatic heterocycles. The third-order valence-corrected chi connectivity index (χ3v) is 3.75. The Morgan fingerprint density at radius 1 is 1.33 bits per heavy atom. The number of ether oxygens (including phenoxy) is 2. The lowest BCUT2D eigenvalue weighted by Gasteiger charge is -2.33. The van der Waals surface area contributed by atoms with Crippen molar-refractivity contribution in [1.82, 2.24) is 19.6 Å². The molecule has 21 heavy (non-hydrogen) atoms. The van der Waals surface area contributed by atoms with Crippen LogP contribution in [-0.2, 0) is 16.1 Å². The molecule has 0 aromatic carbocycles. The molecule has 2 aromatic rings. The number of methoxy groups -OCH3 is 1. The first-order chi connectivity index (χ1) is 10.3. The van der Waals surface area contributed by atoms with Gasteiger partial charge in [0.15, 0.2) is 0 Å². The van der Waals surface area contributed by atoms with E-state index in [4.69, 9.17) is 9.47 Å². The van der Waals surface area contributed by atoms with Gasteiger partial charge >= 0.3 is 0 Å². The molecule has 7 heteroatoms. The van der Waals surface area contributed by atoms with Gasteiger partial charge in [0, 0.05) is 32.9 Å². The Bertz CT molecular complexity index is 592. The van der Waals surface area contributed by atoms with Gasteiger partial charge in [-0.05, 0) is 19.8 Å². The predicted octanol–water partition coefficient (Wildman–Crippen LogP) is 1.28. The fourth-order valence-corrected chi connectivity index (χ4v) is 2.78. The zero-order chi connectivity index (χ0) is 14.7. The van der Waals surface area contributed by atoms with E-state index in [2.05, 4.69) is 20.0 Å². The molecule has 0 aliphatic carbocycles. The third kappa shape index (κ3) is 2.98. The second-order valence-corrected chi connectivity index (χ2v) is 5.15. The number of fused-ring (bicyclic) bond motifs is 1. The van der Waals surface area contributed by atoms with Crippen LogP contribution < -0.4 is 4.90 Å². The van der Waals surface area contributed by atoms with Gasteiger partial charge in [-0.15, -0.1) is 0 Å². The first-order valence-corrected chi connectivity index (χ1v) is 7.37. The lowest BCUT2D eigenvalue weighted by molar-refractivity contribution is 0.0458. The highest BCUT2D eigenvalue weighted by molar-refractivity contribution is 5.47. The molecule has 1 fully saturated rings. The summed E-state index contributed by atoms with van der Waals surface area (Å²) >= 11 is 0. The van der Waals surface area contributed by atoms with Crippen LogP contribution in [0.5, 0.6) is 0 Å². The minimum atomic E-state index is 0.373. The van der Waals surface area contributed by atoms with Crippen LogP contribution in [-0.4, -0.2) is 52.5 Å². The Morgan fingerprint density at radius 3 is 2.86 bits per heavy atom. The third-order valence-electron chi connectivity index (χ3n) is 3.75. The molecule has 0 radical (unpaired) electrons. The molecule has 3 rings (SSSR count). The van der Waals surface area contributed by atoms with Crippen molar-refractivity contribution in [2.75, 3.05) is 31.7 Å². The normalized spacial score (nSPS) is 16.8. The van der Waals surface area contributed by atoms with Crippen molar-refractivity contribution in [2.24, 2.45) is 0 Å². The van der Waals surface area contributed by atoms with Gasteiger partial charge in [0.2, 0.25) is 0 Å². The number of aromatic nitrogens is 4.